The van der Waals surface area contributed by atoms with Gasteiger partial charge in [0.1, 0.15) is 11.6 Å². The van der Waals surface area contributed by atoms with Gasteiger partial charge in [0.25, 0.3) is 0 Å². The third-order valence-corrected chi connectivity index (χ3v) is 2.71. The molecule has 0 radical (unpaired) electrons. The van der Waals surface area contributed by atoms with E-state index in [1.54, 1.807) is 0 Å². The molecule has 2 nitrogen and oxygen atoms in total. The molecule has 0 fully saturated rings. The van der Waals surface area contributed by atoms with Gasteiger partial charge in [-0.25, -0.2) is 8.78 Å². The summed E-state index contributed by atoms with van der Waals surface area (Å²) in [7, 11) is 0. The lowest BCUT2D eigenvalue weighted by Crippen LogP contribution is -2.25. The van der Waals surface area contributed by atoms with E-state index in [2.05, 4.69) is 5.32 Å². The first-order valence-corrected chi connectivity index (χ1v) is 6.43. The number of alkyl halides is 1. The average molecular weight is 276 g/mol. The summed E-state index contributed by atoms with van der Waals surface area (Å²) in [5.74, 6) is -0.704. The molecule has 0 bridgehead atoms. The molecule has 0 aliphatic heterocycles. The maximum absolute atomic E-state index is 12.9. The van der Waals surface area contributed by atoms with E-state index in [4.69, 9.17) is 11.6 Å². The van der Waals surface area contributed by atoms with Gasteiger partial charge in [-0.3, -0.25) is 4.79 Å². The molecule has 1 amide bonds. The minimum Gasteiger partial charge on any atom is -0.356 e. The lowest BCUT2D eigenvalue weighted by molar-refractivity contribution is -0.121. The minimum atomic E-state index is -0.599. The second kappa shape index (κ2) is 8.03. The van der Waals surface area contributed by atoms with Gasteiger partial charge >= 0.3 is 0 Å². The fraction of sp³-hybridized carbons (Fsp3) is 0.462. The molecule has 1 aromatic rings. The number of carbonyl (C=O) groups is 1. The number of carbonyl (C=O) groups excluding carboxylic acids is 1. The second-order valence-corrected chi connectivity index (χ2v) is 4.40. The second-order valence-electron chi connectivity index (χ2n) is 4.02. The van der Waals surface area contributed by atoms with Gasteiger partial charge in [-0.05, 0) is 37.0 Å². The van der Waals surface area contributed by atoms with Gasteiger partial charge in [-0.15, -0.1) is 11.6 Å². The Balaban J connectivity index is 2.26. The average Bonchev–Trinajstić information content (AvgIpc) is 2.28. The highest BCUT2D eigenvalue weighted by Crippen LogP contribution is 2.08. The monoisotopic (exact) mass is 275 g/mol. The Labute approximate surface area is 110 Å². The third-order valence-electron chi connectivity index (χ3n) is 2.45. The van der Waals surface area contributed by atoms with Crippen LogP contribution in [0.3, 0.4) is 0 Å². The smallest absolute Gasteiger partial charge is 0.220 e. The molecule has 5 heteroatoms. The summed E-state index contributed by atoms with van der Waals surface area (Å²) >= 11 is 5.50. The maximum atomic E-state index is 12.9. The summed E-state index contributed by atoms with van der Waals surface area (Å²) in [5, 5.41) is 2.70. The van der Waals surface area contributed by atoms with Crippen molar-refractivity contribution in [2.75, 3.05) is 12.4 Å². The standard InChI is InChI=1S/C13H16ClF2NO/c14-5-2-1-3-13(18)17-6-4-10-7-11(15)9-12(16)8-10/h7-9H,1-6H2,(H,17,18). The predicted octanol–water partition coefficient (Wildman–Crippen LogP) is 3.03. The fourth-order valence-corrected chi connectivity index (χ4v) is 1.76. The van der Waals surface area contributed by atoms with Crippen LogP contribution in [0.25, 0.3) is 0 Å². The van der Waals surface area contributed by atoms with Crippen molar-refractivity contribution in [3.05, 3.63) is 35.4 Å². The Hall–Kier alpha value is -1.16. The van der Waals surface area contributed by atoms with Crippen LogP contribution in [0.5, 0.6) is 0 Å². The molecule has 0 aromatic heterocycles. The fourth-order valence-electron chi connectivity index (χ4n) is 1.57. The molecule has 0 saturated carbocycles. The quantitative estimate of drug-likeness (QED) is 0.601. The van der Waals surface area contributed by atoms with E-state index in [0.717, 1.165) is 18.9 Å². The zero-order valence-electron chi connectivity index (χ0n) is 10.0. The summed E-state index contributed by atoms with van der Waals surface area (Å²) in [6.07, 6.45) is 2.41. The summed E-state index contributed by atoms with van der Waals surface area (Å²) in [6.45, 7) is 0.378. The van der Waals surface area contributed by atoms with Crippen molar-refractivity contribution in [2.24, 2.45) is 0 Å². The molecular formula is C13H16ClF2NO. The molecule has 0 unspecified atom stereocenters. The molecule has 0 aliphatic carbocycles. The molecule has 0 spiro atoms. The van der Waals surface area contributed by atoms with E-state index in [1.165, 1.54) is 12.1 Å². The first-order chi connectivity index (χ1) is 8.61. The maximum Gasteiger partial charge on any atom is 0.220 e. The minimum absolute atomic E-state index is 0.0583. The van der Waals surface area contributed by atoms with E-state index in [1.807, 2.05) is 0 Å². The van der Waals surface area contributed by atoms with Gasteiger partial charge in [0.15, 0.2) is 0 Å². The zero-order chi connectivity index (χ0) is 13.4. The highest BCUT2D eigenvalue weighted by Gasteiger charge is 2.03. The summed E-state index contributed by atoms with van der Waals surface area (Å²) in [6, 6.07) is 3.36. The molecular weight excluding hydrogens is 260 g/mol. The first kappa shape index (κ1) is 14.9. The molecule has 0 atom stereocenters. The van der Waals surface area contributed by atoms with E-state index >= 15 is 0 Å². The third kappa shape index (κ3) is 5.96. The molecule has 100 valence electrons. The number of hydrogen-bond donors (Lipinski definition) is 1. The highest BCUT2D eigenvalue weighted by molar-refractivity contribution is 6.17. The van der Waals surface area contributed by atoms with Crippen LogP contribution < -0.4 is 5.32 Å². The zero-order valence-corrected chi connectivity index (χ0v) is 10.8. The van der Waals surface area contributed by atoms with Gasteiger partial charge in [0, 0.05) is 24.9 Å². The first-order valence-electron chi connectivity index (χ1n) is 5.89. The summed E-state index contributed by atoms with van der Waals surface area (Å²) < 4.78 is 25.8. The van der Waals surface area contributed by atoms with Gasteiger partial charge in [0.2, 0.25) is 5.91 Å². The number of amides is 1. The van der Waals surface area contributed by atoms with Crippen LogP contribution >= 0.6 is 11.6 Å². The Morgan fingerprint density at radius 3 is 2.44 bits per heavy atom. The normalized spacial score (nSPS) is 10.4. The van der Waals surface area contributed by atoms with Gasteiger partial charge < -0.3 is 5.32 Å². The van der Waals surface area contributed by atoms with E-state index in [-0.39, 0.29) is 5.91 Å². The van der Waals surface area contributed by atoms with Gasteiger partial charge in [-0.2, -0.15) is 0 Å². The van der Waals surface area contributed by atoms with E-state index < -0.39 is 11.6 Å². The van der Waals surface area contributed by atoms with Crippen LogP contribution in [0.1, 0.15) is 24.8 Å². The number of unbranched alkanes of at least 4 members (excludes halogenated alkanes) is 1. The van der Waals surface area contributed by atoms with Crippen molar-refractivity contribution in [3.8, 4) is 0 Å². The Bertz CT molecular complexity index is 378. The van der Waals surface area contributed by atoms with E-state index in [9.17, 15) is 13.6 Å². The van der Waals surface area contributed by atoms with Crippen LogP contribution in [-0.4, -0.2) is 18.3 Å². The van der Waals surface area contributed by atoms with Crippen molar-refractivity contribution >= 4 is 17.5 Å². The number of benzene rings is 1. The number of halogens is 3. The SMILES string of the molecule is O=C(CCCCCl)NCCc1cc(F)cc(F)c1. The summed E-state index contributed by atoms with van der Waals surface area (Å²) in [5.41, 5.74) is 0.536. The largest absolute Gasteiger partial charge is 0.356 e. The lowest BCUT2D eigenvalue weighted by Gasteiger charge is -2.05. The number of nitrogens with one attached hydrogen (secondary N) is 1. The van der Waals surface area contributed by atoms with Crippen molar-refractivity contribution in [1.29, 1.82) is 0 Å². The molecule has 1 rings (SSSR count). The molecule has 1 N–H and O–H groups in total. The Morgan fingerprint density at radius 2 is 1.83 bits per heavy atom. The van der Waals surface area contributed by atoms with Crippen molar-refractivity contribution in [2.45, 2.75) is 25.7 Å². The lowest BCUT2D eigenvalue weighted by atomic mass is 10.1. The molecule has 0 aliphatic rings. The van der Waals surface area contributed by atoms with E-state index in [0.29, 0.717) is 30.8 Å². The molecule has 18 heavy (non-hydrogen) atoms. The molecule has 0 heterocycles. The van der Waals surface area contributed by atoms with Crippen LogP contribution in [0.4, 0.5) is 8.78 Å². The van der Waals surface area contributed by atoms with Crippen molar-refractivity contribution in [1.82, 2.24) is 5.32 Å². The number of hydrogen-bond acceptors (Lipinski definition) is 1. The Morgan fingerprint density at radius 1 is 1.17 bits per heavy atom. The molecule has 1 aromatic carbocycles. The highest BCUT2D eigenvalue weighted by atomic mass is 35.5. The number of rotatable bonds is 7. The van der Waals surface area contributed by atoms with Gasteiger partial charge in [-0.1, -0.05) is 0 Å². The van der Waals surface area contributed by atoms with Crippen LogP contribution in [0, 0.1) is 11.6 Å². The van der Waals surface area contributed by atoms with Gasteiger partial charge in [0.05, 0.1) is 0 Å². The topological polar surface area (TPSA) is 29.1 Å². The van der Waals surface area contributed by atoms with Crippen LogP contribution in [-0.2, 0) is 11.2 Å². The summed E-state index contributed by atoms with van der Waals surface area (Å²) in [4.78, 5) is 11.3. The predicted molar refractivity (Wildman–Crippen MR) is 67.6 cm³/mol. The van der Waals surface area contributed by atoms with Crippen LogP contribution in [0.15, 0.2) is 18.2 Å². The van der Waals surface area contributed by atoms with Crippen molar-refractivity contribution in [3.63, 3.8) is 0 Å². The Kier molecular flexibility index (Phi) is 6.65. The van der Waals surface area contributed by atoms with Crippen LogP contribution in [0.2, 0.25) is 0 Å². The van der Waals surface area contributed by atoms with Crippen molar-refractivity contribution < 1.29 is 13.6 Å². The molecule has 0 saturated heterocycles.